The third kappa shape index (κ3) is 4.91. The largest absolute Gasteiger partial charge is 0.493 e. The molecule has 0 fully saturated rings. The molecule has 0 aliphatic heterocycles. The van der Waals surface area contributed by atoms with Gasteiger partial charge in [-0.1, -0.05) is 0 Å². The Morgan fingerprint density at radius 2 is 2.00 bits per heavy atom. The quantitative estimate of drug-likeness (QED) is 0.300. The first-order chi connectivity index (χ1) is 11.1. The lowest BCUT2D eigenvalue weighted by Crippen LogP contribution is -2.45. The number of methoxy groups -OCH3 is 1. The Morgan fingerprint density at radius 3 is 2.42 bits per heavy atom. The fourth-order valence-corrected chi connectivity index (χ4v) is 2.36. The number of carbonyl (C=O) groups is 2. The number of carboxylic acids is 2. The van der Waals surface area contributed by atoms with Gasteiger partial charge in [0, 0.05) is 12.8 Å². The van der Waals surface area contributed by atoms with Crippen molar-refractivity contribution in [2.75, 3.05) is 20.3 Å². The smallest absolute Gasteiger partial charge is 0.331 e. The van der Waals surface area contributed by atoms with Gasteiger partial charge in [0.2, 0.25) is 0 Å². The van der Waals surface area contributed by atoms with Crippen molar-refractivity contribution in [1.82, 2.24) is 5.32 Å². The number of allylic oxidation sites excluding steroid dienone is 1. The molecule has 10 heteroatoms. The number of hydrogen-bond donors (Lipinski definition) is 6. The van der Waals surface area contributed by atoms with E-state index in [1.807, 2.05) is 0 Å². The van der Waals surface area contributed by atoms with Gasteiger partial charge in [0.25, 0.3) is 0 Å². The second-order valence-corrected chi connectivity index (χ2v) is 5.59. The van der Waals surface area contributed by atoms with Gasteiger partial charge < -0.3 is 35.6 Å². The molecule has 1 aliphatic carbocycles. The van der Waals surface area contributed by atoms with Gasteiger partial charge in [-0.2, -0.15) is 0 Å². The van der Waals surface area contributed by atoms with Crippen LogP contribution in [0.2, 0.25) is 0 Å². The van der Waals surface area contributed by atoms with Crippen molar-refractivity contribution in [2.24, 2.45) is 4.99 Å². The van der Waals surface area contributed by atoms with E-state index in [1.165, 1.54) is 14.0 Å². The highest BCUT2D eigenvalue weighted by Crippen LogP contribution is 2.30. The Labute approximate surface area is 138 Å². The summed E-state index contributed by atoms with van der Waals surface area (Å²) in [5.41, 5.74) is -1.46. The molecule has 0 spiro atoms. The van der Waals surface area contributed by atoms with Crippen LogP contribution in [0.3, 0.4) is 0 Å². The first-order valence-corrected chi connectivity index (χ1v) is 7.17. The van der Waals surface area contributed by atoms with E-state index in [2.05, 4.69) is 10.3 Å². The normalized spacial score (nSPS) is 25.3. The SMILES string of the molecule is COC1=C(NCC(=O)O)CC(O)(CO)CC1=N[C@@H](C(=O)O)[C@H](C)O. The molecule has 0 heterocycles. The highest BCUT2D eigenvalue weighted by atomic mass is 16.5. The molecule has 24 heavy (non-hydrogen) atoms. The minimum atomic E-state index is -1.65. The molecular weight excluding hydrogens is 324 g/mol. The number of nitrogens with one attached hydrogen (secondary N) is 1. The number of aliphatic hydroxyl groups is 3. The highest BCUT2D eigenvalue weighted by Gasteiger charge is 2.39. The first-order valence-electron chi connectivity index (χ1n) is 7.17. The minimum Gasteiger partial charge on any atom is -0.493 e. The summed E-state index contributed by atoms with van der Waals surface area (Å²) in [6, 6.07) is -1.49. The van der Waals surface area contributed by atoms with Gasteiger partial charge >= 0.3 is 11.9 Å². The number of aliphatic carboxylic acids is 2. The van der Waals surface area contributed by atoms with E-state index < -0.39 is 42.8 Å². The first kappa shape index (κ1) is 19.9. The van der Waals surface area contributed by atoms with Crippen LogP contribution < -0.4 is 5.32 Å². The van der Waals surface area contributed by atoms with Crippen LogP contribution in [0.15, 0.2) is 16.4 Å². The zero-order valence-corrected chi connectivity index (χ0v) is 13.4. The maximum atomic E-state index is 11.2. The number of ether oxygens (including phenoxy) is 1. The fourth-order valence-electron chi connectivity index (χ4n) is 2.36. The highest BCUT2D eigenvalue weighted by molar-refractivity contribution is 6.02. The molecule has 0 amide bonds. The molecule has 0 saturated carbocycles. The molecule has 1 unspecified atom stereocenters. The summed E-state index contributed by atoms with van der Waals surface area (Å²) in [5, 5.41) is 49.8. The monoisotopic (exact) mass is 346 g/mol. The third-order valence-corrected chi connectivity index (χ3v) is 3.49. The summed E-state index contributed by atoms with van der Waals surface area (Å²) in [6.45, 7) is 0.146. The number of carboxylic acid groups (broad SMARTS) is 2. The predicted molar refractivity (Wildman–Crippen MR) is 81.5 cm³/mol. The topological polar surface area (TPSA) is 169 Å². The molecule has 0 aromatic rings. The van der Waals surface area contributed by atoms with Gasteiger partial charge in [-0.25, -0.2) is 4.79 Å². The average molecular weight is 346 g/mol. The van der Waals surface area contributed by atoms with E-state index in [9.17, 15) is 24.9 Å². The van der Waals surface area contributed by atoms with Gasteiger partial charge in [-0.3, -0.25) is 9.79 Å². The van der Waals surface area contributed by atoms with Gasteiger partial charge in [-0.05, 0) is 6.92 Å². The molecule has 136 valence electrons. The number of nitrogens with zero attached hydrogens (tertiary/aromatic N) is 1. The van der Waals surface area contributed by atoms with Crippen molar-refractivity contribution in [1.29, 1.82) is 0 Å². The molecule has 0 aromatic carbocycles. The van der Waals surface area contributed by atoms with Gasteiger partial charge in [0.05, 0.1) is 36.8 Å². The van der Waals surface area contributed by atoms with E-state index in [0.717, 1.165) is 0 Å². The minimum absolute atomic E-state index is 0.0153. The van der Waals surface area contributed by atoms with Crippen molar-refractivity contribution < 1.29 is 39.9 Å². The van der Waals surface area contributed by atoms with Crippen LogP contribution in [0.5, 0.6) is 0 Å². The lowest BCUT2D eigenvalue weighted by atomic mass is 9.85. The fraction of sp³-hybridized carbons (Fsp3) is 0.643. The zero-order chi connectivity index (χ0) is 18.5. The lowest BCUT2D eigenvalue weighted by Gasteiger charge is -2.34. The summed E-state index contributed by atoms with van der Waals surface area (Å²) < 4.78 is 5.17. The van der Waals surface area contributed by atoms with Crippen LogP contribution in [-0.4, -0.2) is 81.2 Å². The summed E-state index contributed by atoms with van der Waals surface area (Å²) in [7, 11) is 1.29. The van der Waals surface area contributed by atoms with Gasteiger partial charge in [0.15, 0.2) is 11.8 Å². The number of hydrogen-bond acceptors (Lipinski definition) is 8. The maximum absolute atomic E-state index is 11.2. The van der Waals surface area contributed by atoms with E-state index in [0.29, 0.717) is 0 Å². The standard InChI is InChI=1S/C14H22N2O8/c1-7(18)11(13(21)22)16-9-4-14(23,6-17)3-8(12(9)24-2)15-5-10(19)20/h7,11,15,17-18,23H,3-6H2,1-2H3,(H,19,20)(H,21,22)/t7-,11+,14?/m0/s1. The third-order valence-electron chi connectivity index (χ3n) is 3.49. The van der Waals surface area contributed by atoms with Crippen molar-refractivity contribution >= 4 is 17.7 Å². The summed E-state index contributed by atoms with van der Waals surface area (Å²) >= 11 is 0. The van der Waals surface area contributed by atoms with Crippen molar-refractivity contribution in [3.05, 3.63) is 11.5 Å². The van der Waals surface area contributed by atoms with Crippen molar-refractivity contribution in [2.45, 2.75) is 37.5 Å². The molecule has 3 atom stereocenters. The second kappa shape index (κ2) is 8.08. The Kier molecular flexibility index (Phi) is 6.70. The second-order valence-electron chi connectivity index (χ2n) is 5.59. The van der Waals surface area contributed by atoms with Crippen LogP contribution in [0, 0.1) is 0 Å². The lowest BCUT2D eigenvalue weighted by molar-refractivity contribution is -0.140. The van der Waals surface area contributed by atoms with Crippen molar-refractivity contribution in [3.63, 3.8) is 0 Å². The zero-order valence-electron chi connectivity index (χ0n) is 13.4. The van der Waals surface area contributed by atoms with Gasteiger partial charge in [0.1, 0.15) is 6.54 Å². The Balaban J connectivity index is 3.33. The molecule has 0 radical (unpaired) electrons. The Morgan fingerprint density at radius 1 is 1.38 bits per heavy atom. The molecule has 0 saturated heterocycles. The Hall–Kier alpha value is -2.17. The van der Waals surface area contributed by atoms with Crippen LogP contribution in [-0.2, 0) is 14.3 Å². The predicted octanol–water partition coefficient (Wildman–Crippen LogP) is -1.69. The van der Waals surface area contributed by atoms with E-state index in [-0.39, 0.29) is 30.0 Å². The number of rotatable bonds is 8. The average Bonchev–Trinajstić information content (AvgIpc) is 2.49. The molecule has 1 rings (SSSR count). The summed E-state index contributed by atoms with van der Waals surface area (Å²) in [6.07, 6.45) is -1.63. The molecule has 6 N–H and O–H groups in total. The van der Waals surface area contributed by atoms with E-state index >= 15 is 0 Å². The van der Waals surface area contributed by atoms with Crippen LogP contribution in [0.4, 0.5) is 0 Å². The summed E-state index contributed by atoms with van der Waals surface area (Å²) in [5.74, 6) is -2.44. The van der Waals surface area contributed by atoms with Crippen molar-refractivity contribution in [3.8, 4) is 0 Å². The number of aliphatic imine (C=N–C) groups is 1. The van der Waals surface area contributed by atoms with E-state index in [4.69, 9.17) is 14.9 Å². The van der Waals surface area contributed by atoms with Gasteiger partial charge in [-0.15, -0.1) is 0 Å². The molecule has 0 bridgehead atoms. The van der Waals surface area contributed by atoms with Crippen LogP contribution >= 0.6 is 0 Å². The molecule has 0 aromatic heterocycles. The van der Waals surface area contributed by atoms with E-state index in [1.54, 1.807) is 0 Å². The molecular formula is C14H22N2O8. The summed E-state index contributed by atoms with van der Waals surface area (Å²) in [4.78, 5) is 25.9. The number of aliphatic hydroxyl groups excluding tert-OH is 2. The molecule has 10 nitrogen and oxygen atoms in total. The Bertz CT molecular complexity index is 557. The van der Waals surface area contributed by atoms with Crippen LogP contribution in [0.25, 0.3) is 0 Å². The maximum Gasteiger partial charge on any atom is 0.331 e. The molecule has 1 aliphatic rings. The van der Waals surface area contributed by atoms with Crippen LogP contribution in [0.1, 0.15) is 19.8 Å².